The van der Waals surface area contributed by atoms with E-state index in [1.54, 1.807) is 0 Å². The van der Waals surface area contributed by atoms with Crippen LogP contribution >= 0.6 is 0 Å². The van der Waals surface area contributed by atoms with Crippen LogP contribution in [0.1, 0.15) is 25.7 Å². The number of likely N-dealkylation sites (N-methyl/N-ethyl adjacent to an activating group) is 1. The minimum atomic E-state index is 0.417. The van der Waals surface area contributed by atoms with Crippen molar-refractivity contribution in [1.29, 1.82) is 0 Å². The molecule has 1 saturated heterocycles. The van der Waals surface area contributed by atoms with Crippen molar-refractivity contribution in [3.8, 4) is 0 Å². The highest BCUT2D eigenvalue weighted by Gasteiger charge is 2.30. The van der Waals surface area contributed by atoms with Crippen LogP contribution in [0.3, 0.4) is 0 Å². The Morgan fingerprint density at radius 2 is 1.88 bits per heavy atom. The summed E-state index contributed by atoms with van der Waals surface area (Å²) in [5, 5.41) is 0. The number of hydrogen-bond acceptors (Lipinski definition) is 3. The Morgan fingerprint density at radius 3 is 2.44 bits per heavy atom. The Bertz CT molecular complexity index is 242. The largest absolute Gasteiger partial charge is 0.306 e. The van der Waals surface area contributed by atoms with Crippen molar-refractivity contribution < 1.29 is 4.79 Å². The summed E-state index contributed by atoms with van der Waals surface area (Å²) < 4.78 is 0. The minimum Gasteiger partial charge on any atom is -0.306 e. The van der Waals surface area contributed by atoms with E-state index in [1.807, 2.05) is 0 Å². The summed E-state index contributed by atoms with van der Waals surface area (Å²) in [6.07, 6.45) is 4.86. The van der Waals surface area contributed by atoms with Gasteiger partial charge < -0.3 is 4.90 Å². The Balaban J connectivity index is 1.66. The normalized spacial score (nSPS) is 23.9. The van der Waals surface area contributed by atoms with Crippen LogP contribution in [0.4, 0.5) is 0 Å². The minimum absolute atomic E-state index is 0.417. The maximum Gasteiger partial charge on any atom is 0.149 e. The van der Waals surface area contributed by atoms with Gasteiger partial charge in [-0.3, -0.25) is 9.69 Å². The number of nitrogens with zero attached hydrogens (tertiary/aromatic N) is 2. The molecule has 0 amide bonds. The number of likely N-dealkylation sites (tertiary alicyclic amines) is 1. The van der Waals surface area contributed by atoms with E-state index >= 15 is 0 Å². The lowest BCUT2D eigenvalue weighted by atomic mass is 9.96. The zero-order valence-corrected chi connectivity index (χ0v) is 10.6. The fourth-order valence-electron chi connectivity index (χ4n) is 2.55. The fraction of sp³-hybridized carbons (Fsp3) is 0.923. The standard InChI is InChI=1S/C13H24N2O/c1-14-7-5-11(6-8-14)9-15(2)10-13(16)12-3-4-12/h11-12H,3-10H2,1-2H3. The van der Waals surface area contributed by atoms with E-state index in [0.717, 1.165) is 25.3 Å². The molecule has 0 aromatic carbocycles. The maximum atomic E-state index is 11.7. The third-order valence-electron chi connectivity index (χ3n) is 3.87. The molecular formula is C13H24N2O. The molecule has 1 aliphatic carbocycles. The smallest absolute Gasteiger partial charge is 0.149 e. The average Bonchev–Trinajstić information content (AvgIpc) is 3.04. The fourth-order valence-corrected chi connectivity index (χ4v) is 2.55. The van der Waals surface area contributed by atoms with Crippen LogP contribution in [0.5, 0.6) is 0 Å². The van der Waals surface area contributed by atoms with E-state index in [4.69, 9.17) is 0 Å². The number of piperidine rings is 1. The molecule has 1 aliphatic heterocycles. The number of rotatable bonds is 5. The summed E-state index contributed by atoms with van der Waals surface area (Å²) in [6.45, 7) is 4.22. The van der Waals surface area contributed by atoms with E-state index in [1.165, 1.54) is 25.9 Å². The first-order valence-corrected chi connectivity index (χ1v) is 6.55. The summed E-state index contributed by atoms with van der Waals surface area (Å²) in [6, 6.07) is 0. The quantitative estimate of drug-likeness (QED) is 0.702. The maximum absolute atomic E-state index is 11.7. The van der Waals surface area contributed by atoms with Crippen molar-refractivity contribution in [2.75, 3.05) is 40.3 Å². The number of carbonyl (C=O) groups is 1. The number of carbonyl (C=O) groups excluding carboxylic acids is 1. The van der Waals surface area contributed by atoms with Crippen LogP contribution in [-0.2, 0) is 4.79 Å². The second kappa shape index (κ2) is 5.28. The SMILES string of the molecule is CN1CCC(CN(C)CC(=O)C2CC2)CC1. The molecule has 2 fully saturated rings. The Hall–Kier alpha value is -0.410. The lowest BCUT2D eigenvalue weighted by molar-refractivity contribution is -0.121. The van der Waals surface area contributed by atoms with Crippen molar-refractivity contribution in [3.05, 3.63) is 0 Å². The first kappa shape index (κ1) is 12.1. The van der Waals surface area contributed by atoms with Gasteiger partial charge in [0.05, 0.1) is 6.54 Å². The second-order valence-electron chi connectivity index (χ2n) is 5.68. The molecule has 0 N–H and O–H groups in total. The van der Waals surface area contributed by atoms with Crippen molar-refractivity contribution in [2.24, 2.45) is 11.8 Å². The van der Waals surface area contributed by atoms with Gasteiger partial charge in [-0.25, -0.2) is 0 Å². The van der Waals surface area contributed by atoms with Crippen LogP contribution in [0.2, 0.25) is 0 Å². The zero-order chi connectivity index (χ0) is 11.5. The van der Waals surface area contributed by atoms with Crippen LogP contribution in [-0.4, -0.2) is 55.9 Å². The molecule has 0 aromatic heterocycles. The monoisotopic (exact) mass is 224 g/mol. The van der Waals surface area contributed by atoms with Gasteiger partial charge in [0, 0.05) is 12.5 Å². The average molecular weight is 224 g/mol. The summed E-state index contributed by atoms with van der Waals surface area (Å²) in [4.78, 5) is 16.3. The van der Waals surface area contributed by atoms with Crippen molar-refractivity contribution in [2.45, 2.75) is 25.7 Å². The second-order valence-corrected chi connectivity index (χ2v) is 5.68. The van der Waals surface area contributed by atoms with E-state index in [-0.39, 0.29) is 0 Å². The highest BCUT2D eigenvalue weighted by molar-refractivity contribution is 5.84. The molecule has 3 heteroatoms. The van der Waals surface area contributed by atoms with Crippen LogP contribution in [0.15, 0.2) is 0 Å². The Morgan fingerprint density at radius 1 is 1.25 bits per heavy atom. The number of Topliss-reactive ketones (excluding diaryl/α,β-unsaturated/α-hetero) is 1. The van der Waals surface area contributed by atoms with Gasteiger partial charge in [-0.1, -0.05) is 0 Å². The summed E-state index contributed by atoms with van der Waals surface area (Å²) in [7, 11) is 4.29. The van der Waals surface area contributed by atoms with Gasteiger partial charge in [-0.2, -0.15) is 0 Å². The van der Waals surface area contributed by atoms with Crippen LogP contribution < -0.4 is 0 Å². The van der Waals surface area contributed by atoms with E-state index in [9.17, 15) is 4.79 Å². The van der Waals surface area contributed by atoms with E-state index in [2.05, 4.69) is 23.9 Å². The van der Waals surface area contributed by atoms with Crippen LogP contribution in [0.25, 0.3) is 0 Å². The predicted octanol–water partition coefficient (Wildman–Crippen LogP) is 1.24. The lowest BCUT2D eigenvalue weighted by Gasteiger charge is -2.31. The zero-order valence-electron chi connectivity index (χ0n) is 10.6. The molecular weight excluding hydrogens is 200 g/mol. The predicted molar refractivity (Wildman–Crippen MR) is 65.4 cm³/mol. The third kappa shape index (κ3) is 3.56. The molecule has 3 nitrogen and oxygen atoms in total. The van der Waals surface area contributed by atoms with E-state index < -0.39 is 0 Å². The third-order valence-corrected chi connectivity index (χ3v) is 3.87. The molecule has 0 radical (unpaired) electrons. The van der Waals surface area contributed by atoms with Gasteiger partial charge in [0.1, 0.15) is 5.78 Å². The summed E-state index contributed by atoms with van der Waals surface area (Å²) in [5.74, 6) is 1.68. The molecule has 1 saturated carbocycles. The molecule has 2 rings (SSSR count). The molecule has 0 aromatic rings. The van der Waals surface area contributed by atoms with Gasteiger partial charge >= 0.3 is 0 Å². The molecule has 16 heavy (non-hydrogen) atoms. The van der Waals surface area contributed by atoms with Gasteiger partial charge in [-0.05, 0) is 58.8 Å². The molecule has 0 atom stereocenters. The van der Waals surface area contributed by atoms with Crippen LogP contribution in [0, 0.1) is 11.8 Å². The lowest BCUT2D eigenvalue weighted by Crippen LogP contribution is -2.37. The Kier molecular flexibility index (Phi) is 3.98. The van der Waals surface area contributed by atoms with E-state index in [0.29, 0.717) is 18.2 Å². The van der Waals surface area contributed by atoms with Gasteiger partial charge in [-0.15, -0.1) is 0 Å². The summed E-state index contributed by atoms with van der Waals surface area (Å²) in [5.41, 5.74) is 0. The first-order valence-electron chi connectivity index (χ1n) is 6.55. The van der Waals surface area contributed by atoms with Gasteiger partial charge in [0.2, 0.25) is 0 Å². The van der Waals surface area contributed by atoms with Crippen molar-refractivity contribution in [3.63, 3.8) is 0 Å². The van der Waals surface area contributed by atoms with Crippen molar-refractivity contribution >= 4 is 5.78 Å². The topological polar surface area (TPSA) is 23.6 Å². The number of ketones is 1. The molecule has 0 unspecified atom stereocenters. The summed E-state index contributed by atoms with van der Waals surface area (Å²) >= 11 is 0. The molecule has 1 heterocycles. The molecule has 2 aliphatic rings. The highest BCUT2D eigenvalue weighted by Crippen LogP contribution is 2.30. The van der Waals surface area contributed by atoms with Gasteiger partial charge in [0.15, 0.2) is 0 Å². The molecule has 92 valence electrons. The molecule has 0 spiro atoms. The first-order chi connectivity index (χ1) is 7.65. The van der Waals surface area contributed by atoms with Crippen molar-refractivity contribution in [1.82, 2.24) is 9.80 Å². The highest BCUT2D eigenvalue weighted by atomic mass is 16.1. The molecule has 0 bridgehead atoms. The Labute approximate surface area is 98.8 Å². The number of hydrogen-bond donors (Lipinski definition) is 0. The van der Waals surface area contributed by atoms with Gasteiger partial charge in [0.25, 0.3) is 0 Å².